The van der Waals surface area contributed by atoms with Gasteiger partial charge in [0.15, 0.2) is 5.58 Å². The Kier molecular flexibility index (Phi) is 4.83. The van der Waals surface area contributed by atoms with Crippen molar-refractivity contribution in [2.45, 2.75) is 13.1 Å². The van der Waals surface area contributed by atoms with E-state index in [1.54, 1.807) is 18.2 Å². The second-order valence-electron chi connectivity index (χ2n) is 6.75. The summed E-state index contributed by atoms with van der Waals surface area (Å²) in [4.78, 5) is 15.1. The van der Waals surface area contributed by atoms with Gasteiger partial charge in [0.2, 0.25) is 0 Å². The van der Waals surface area contributed by atoms with Gasteiger partial charge in [0, 0.05) is 62.9 Å². The van der Waals surface area contributed by atoms with Gasteiger partial charge in [0.1, 0.15) is 11.5 Å². The Morgan fingerprint density at radius 2 is 1.81 bits per heavy atom. The van der Waals surface area contributed by atoms with Crippen molar-refractivity contribution in [3.63, 3.8) is 0 Å². The van der Waals surface area contributed by atoms with Crippen molar-refractivity contribution >= 4 is 16.7 Å². The lowest BCUT2D eigenvalue weighted by atomic mass is 10.1. The lowest BCUT2D eigenvalue weighted by Gasteiger charge is -2.34. The van der Waals surface area contributed by atoms with E-state index >= 15 is 0 Å². The van der Waals surface area contributed by atoms with Crippen molar-refractivity contribution in [1.82, 2.24) is 15.0 Å². The van der Waals surface area contributed by atoms with Gasteiger partial charge in [0.05, 0.1) is 4.92 Å². The van der Waals surface area contributed by atoms with Crippen LogP contribution in [-0.2, 0) is 13.1 Å². The van der Waals surface area contributed by atoms with Crippen molar-refractivity contribution in [3.05, 3.63) is 69.7 Å². The second-order valence-corrected chi connectivity index (χ2v) is 6.75. The Morgan fingerprint density at radius 1 is 1.07 bits per heavy atom. The first-order valence-electron chi connectivity index (χ1n) is 8.80. The predicted octanol–water partition coefficient (Wildman–Crippen LogP) is 3.19. The van der Waals surface area contributed by atoms with Gasteiger partial charge in [-0.3, -0.25) is 19.9 Å². The summed E-state index contributed by atoms with van der Waals surface area (Å²) < 4.78 is 18.5. The van der Waals surface area contributed by atoms with Crippen LogP contribution in [0.15, 0.2) is 47.0 Å². The molecule has 0 bridgehead atoms. The van der Waals surface area contributed by atoms with Crippen molar-refractivity contribution in [2.24, 2.45) is 0 Å². The molecule has 3 aromatic rings. The number of halogens is 1. The molecule has 0 spiro atoms. The number of hydrogen-bond donors (Lipinski definition) is 0. The van der Waals surface area contributed by atoms with Crippen LogP contribution in [-0.4, -0.2) is 46.1 Å². The number of aromatic nitrogens is 1. The zero-order chi connectivity index (χ0) is 18.8. The maximum Gasteiger partial charge on any atom is 0.269 e. The third kappa shape index (κ3) is 3.96. The highest BCUT2D eigenvalue weighted by atomic mass is 19.1. The summed E-state index contributed by atoms with van der Waals surface area (Å²) in [6.07, 6.45) is 0. The molecular weight excluding hydrogens is 351 g/mol. The van der Waals surface area contributed by atoms with Gasteiger partial charge >= 0.3 is 0 Å². The van der Waals surface area contributed by atoms with Crippen molar-refractivity contribution in [3.8, 4) is 0 Å². The van der Waals surface area contributed by atoms with E-state index in [-0.39, 0.29) is 16.4 Å². The summed E-state index contributed by atoms with van der Waals surface area (Å²) in [5.41, 5.74) is 2.36. The van der Waals surface area contributed by atoms with Crippen LogP contribution in [0.1, 0.15) is 11.3 Å². The van der Waals surface area contributed by atoms with Gasteiger partial charge in [-0.15, -0.1) is 0 Å². The molecule has 4 rings (SSSR count). The van der Waals surface area contributed by atoms with Crippen molar-refractivity contribution in [2.75, 3.05) is 26.2 Å². The Labute approximate surface area is 155 Å². The molecule has 0 N–H and O–H groups in total. The Balaban J connectivity index is 1.35. The van der Waals surface area contributed by atoms with Crippen LogP contribution in [0.3, 0.4) is 0 Å². The normalized spacial score (nSPS) is 16.0. The molecule has 1 saturated heterocycles. The summed E-state index contributed by atoms with van der Waals surface area (Å²) >= 11 is 0. The number of benzene rings is 2. The summed E-state index contributed by atoms with van der Waals surface area (Å²) in [6, 6.07) is 11.3. The van der Waals surface area contributed by atoms with Crippen LogP contribution in [0, 0.1) is 15.9 Å². The molecule has 1 aromatic heterocycles. The molecular formula is C19H19FN4O3. The highest BCUT2D eigenvalue weighted by Gasteiger charge is 2.20. The molecule has 1 fully saturated rings. The first-order valence-corrected chi connectivity index (χ1v) is 8.80. The summed E-state index contributed by atoms with van der Waals surface area (Å²) in [7, 11) is 0. The van der Waals surface area contributed by atoms with E-state index in [4.69, 9.17) is 4.52 Å². The van der Waals surface area contributed by atoms with Gasteiger partial charge in [-0.2, -0.15) is 0 Å². The van der Waals surface area contributed by atoms with Crippen molar-refractivity contribution < 1.29 is 13.8 Å². The van der Waals surface area contributed by atoms with Gasteiger partial charge in [-0.05, 0) is 17.7 Å². The van der Waals surface area contributed by atoms with E-state index in [0.717, 1.165) is 42.8 Å². The minimum absolute atomic E-state index is 0.125. The largest absolute Gasteiger partial charge is 0.356 e. The van der Waals surface area contributed by atoms with E-state index in [9.17, 15) is 14.5 Å². The first kappa shape index (κ1) is 17.6. The molecule has 1 aliphatic heterocycles. The smallest absolute Gasteiger partial charge is 0.269 e. The Morgan fingerprint density at radius 3 is 2.56 bits per heavy atom. The van der Waals surface area contributed by atoms with Crippen LogP contribution >= 0.6 is 0 Å². The average Bonchev–Trinajstić information content (AvgIpc) is 3.05. The second kappa shape index (κ2) is 7.42. The van der Waals surface area contributed by atoms with Gasteiger partial charge < -0.3 is 4.52 Å². The van der Waals surface area contributed by atoms with E-state index < -0.39 is 0 Å². The van der Waals surface area contributed by atoms with Crippen LogP contribution in [0.4, 0.5) is 10.1 Å². The van der Waals surface area contributed by atoms with E-state index in [1.807, 2.05) is 6.07 Å². The van der Waals surface area contributed by atoms with Crippen LogP contribution in [0.25, 0.3) is 11.0 Å². The molecule has 2 aromatic carbocycles. The van der Waals surface area contributed by atoms with Gasteiger partial charge in [-0.1, -0.05) is 17.3 Å². The van der Waals surface area contributed by atoms with Gasteiger partial charge in [-0.25, -0.2) is 4.39 Å². The minimum Gasteiger partial charge on any atom is -0.356 e. The number of piperazine rings is 1. The lowest BCUT2D eigenvalue weighted by molar-refractivity contribution is -0.384. The monoisotopic (exact) mass is 370 g/mol. The molecule has 1 aliphatic rings. The number of nitro benzene ring substituents is 1. The fraction of sp³-hybridized carbons (Fsp3) is 0.316. The standard InChI is InChI=1S/C19H19FN4O3/c20-15-4-5-17-18(21-27-19(17)11-15)13-23-8-6-22(7-9-23)12-14-2-1-3-16(10-14)24(25)26/h1-5,10-11H,6-9,12-13H2. The maximum absolute atomic E-state index is 13.3. The third-order valence-corrected chi connectivity index (χ3v) is 4.87. The molecule has 0 radical (unpaired) electrons. The average molecular weight is 370 g/mol. The molecule has 27 heavy (non-hydrogen) atoms. The van der Waals surface area contributed by atoms with Crippen LogP contribution in [0.5, 0.6) is 0 Å². The number of hydrogen-bond acceptors (Lipinski definition) is 6. The predicted molar refractivity (Wildman–Crippen MR) is 97.6 cm³/mol. The molecule has 8 heteroatoms. The third-order valence-electron chi connectivity index (χ3n) is 4.87. The SMILES string of the molecule is O=[N+]([O-])c1cccc(CN2CCN(Cc3noc4cc(F)ccc34)CC2)c1. The molecule has 0 aliphatic carbocycles. The first-order chi connectivity index (χ1) is 13.1. The summed E-state index contributed by atoms with van der Waals surface area (Å²) in [5, 5.41) is 15.8. The molecule has 7 nitrogen and oxygen atoms in total. The number of fused-ring (bicyclic) bond motifs is 1. The van der Waals surface area contributed by atoms with Crippen LogP contribution < -0.4 is 0 Å². The Hall–Kier alpha value is -2.84. The molecule has 2 heterocycles. The lowest BCUT2D eigenvalue weighted by Crippen LogP contribution is -2.45. The molecule has 0 unspecified atom stereocenters. The van der Waals surface area contributed by atoms with E-state index in [0.29, 0.717) is 18.7 Å². The minimum atomic E-state index is -0.366. The highest BCUT2D eigenvalue weighted by Crippen LogP contribution is 2.22. The fourth-order valence-electron chi connectivity index (χ4n) is 3.42. The molecule has 0 amide bonds. The molecule has 140 valence electrons. The number of nitro groups is 1. The molecule has 0 saturated carbocycles. The zero-order valence-corrected chi connectivity index (χ0v) is 14.7. The zero-order valence-electron chi connectivity index (χ0n) is 14.7. The van der Waals surface area contributed by atoms with E-state index in [2.05, 4.69) is 15.0 Å². The highest BCUT2D eigenvalue weighted by molar-refractivity contribution is 5.79. The Bertz CT molecular complexity index is 966. The fourth-order valence-corrected chi connectivity index (χ4v) is 3.42. The number of nitrogens with zero attached hydrogens (tertiary/aromatic N) is 4. The van der Waals surface area contributed by atoms with Crippen molar-refractivity contribution in [1.29, 1.82) is 0 Å². The topological polar surface area (TPSA) is 75.7 Å². The number of rotatable bonds is 5. The van der Waals surface area contributed by atoms with E-state index in [1.165, 1.54) is 18.2 Å². The van der Waals surface area contributed by atoms with Crippen LogP contribution in [0.2, 0.25) is 0 Å². The summed E-state index contributed by atoms with van der Waals surface area (Å²) in [5.74, 6) is -0.333. The number of non-ortho nitro benzene ring substituents is 1. The van der Waals surface area contributed by atoms with Gasteiger partial charge in [0.25, 0.3) is 5.69 Å². The summed E-state index contributed by atoms with van der Waals surface area (Å²) in [6.45, 7) is 4.82. The maximum atomic E-state index is 13.3. The molecule has 0 atom stereocenters. The quantitative estimate of drug-likeness (QED) is 0.507.